The fourth-order valence-electron chi connectivity index (χ4n) is 1.30. The zero-order chi connectivity index (χ0) is 12.1. The number of primary amides is 1. The Bertz CT molecular complexity index is 395. The van der Waals surface area contributed by atoms with Gasteiger partial charge in [0.2, 0.25) is 6.54 Å². The molecule has 1 aromatic rings. The molecule has 0 radical (unpaired) electrons. The Kier molecular flexibility index (Phi) is 4.07. The van der Waals surface area contributed by atoms with Crippen LogP contribution in [-0.2, 0) is 0 Å². The van der Waals surface area contributed by atoms with Crippen molar-refractivity contribution in [2.45, 2.75) is 6.04 Å². The van der Waals surface area contributed by atoms with Crippen LogP contribution < -0.4 is 11.1 Å². The third-order valence-corrected chi connectivity index (χ3v) is 2.27. The van der Waals surface area contributed by atoms with E-state index in [1.807, 2.05) is 0 Å². The van der Waals surface area contributed by atoms with E-state index in [2.05, 4.69) is 5.32 Å². The first-order chi connectivity index (χ1) is 7.50. The molecule has 86 valence electrons. The van der Waals surface area contributed by atoms with Gasteiger partial charge in [-0.25, -0.2) is 4.79 Å². The molecule has 0 saturated heterocycles. The molecule has 1 rings (SSSR count). The molecule has 16 heavy (non-hydrogen) atoms. The monoisotopic (exact) mass is 243 g/mol. The Balaban J connectivity index is 2.96. The molecule has 7 heteroatoms. The van der Waals surface area contributed by atoms with E-state index in [9.17, 15) is 14.9 Å². The normalized spacial score (nSPS) is 11.8. The second-order valence-corrected chi connectivity index (χ2v) is 3.51. The standard InChI is InChI=1S/C9H10ClN3O3/c10-7-4-2-1-3-6(7)8(5-13(15)16)12-9(11)14/h1-4,8H,5H2,(H3,11,12,14)/t8-/m1/s1. The molecular weight excluding hydrogens is 234 g/mol. The van der Waals surface area contributed by atoms with Crippen LogP contribution in [0, 0.1) is 10.1 Å². The summed E-state index contributed by atoms with van der Waals surface area (Å²) in [5, 5.41) is 13.1. The van der Waals surface area contributed by atoms with Crippen LogP contribution in [0.3, 0.4) is 0 Å². The molecule has 0 fully saturated rings. The number of urea groups is 1. The van der Waals surface area contributed by atoms with Crippen molar-refractivity contribution in [1.29, 1.82) is 0 Å². The van der Waals surface area contributed by atoms with Gasteiger partial charge in [-0.3, -0.25) is 10.1 Å². The summed E-state index contributed by atoms with van der Waals surface area (Å²) in [4.78, 5) is 20.6. The van der Waals surface area contributed by atoms with E-state index in [-0.39, 0.29) is 0 Å². The second-order valence-electron chi connectivity index (χ2n) is 3.10. The predicted octanol–water partition coefficient (Wildman–Crippen LogP) is 1.33. The average molecular weight is 244 g/mol. The molecule has 1 atom stereocenters. The fraction of sp³-hybridized carbons (Fsp3) is 0.222. The van der Waals surface area contributed by atoms with E-state index in [0.29, 0.717) is 10.6 Å². The van der Waals surface area contributed by atoms with Crippen LogP contribution in [-0.4, -0.2) is 17.5 Å². The van der Waals surface area contributed by atoms with E-state index in [0.717, 1.165) is 0 Å². The minimum atomic E-state index is -0.827. The molecule has 0 spiro atoms. The zero-order valence-corrected chi connectivity index (χ0v) is 8.98. The number of carbonyl (C=O) groups excluding carboxylic acids is 1. The Labute approximate surface area is 96.5 Å². The van der Waals surface area contributed by atoms with E-state index in [1.165, 1.54) is 0 Å². The summed E-state index contributed by atoms with van der Waals surface area (Å²) in [7, 11) is 0. The van der Waals surface area contributed by atoms with Crippen LogP contribution in [0.4, 0.5) is 4.79 Å². The van der Waals surface area contributed by atoms with Gasteiger partial charge >= 0.3 is 6.03 Å². The lowest BCUT2D eigenvalue weighted by atomic mass is 10.1. The molecule has 0 aliphatic heterocycles. The quantitative estimate of drug-likeness (QED) is 0.616. The molecule has 3 N–H and O–H groups in total. The van der Waals surface area contributed by atoms with E-state index in [4.69, 9.17) is 17.3 Å². The molecule has 2 amide bonds. The predicted molar refractivity (Wildman–Crippen MR) is 58.8 cm³/mol. The number of benzene rings is 1. The molecule has 0 aliphatic carbocycles. The number of carbonyl (C=O) groups is 1. The first kappa shape index (κ1) is 12.3. The number of hydrogen-bond acceptors (Lipinski definition) is 3. The van der Waals surface area contributed by atoms with Crippen LogP contribution in [0.25, 0.3) is 0 Å². The Morgan fingerprint density at radius 3 is 2.69 bits per heavy atom. The molecule has 1 aromatic carbocycles. The maximum absolute atomic E-state index is 10.7. The van der Waals surface area contributed by atoms with Gasteiger partial charge in [0.15, 0.2) is 0 Å². The van der Waals surface area contributed by atoms with Crippen LogP contribution in [0.5, 0.6) is 0 Å². The molecule has 6 nitrogen and oxygen atoms in total. The summed E-state index contributed by atoms with van der Waals surface area (Å²) in [5.74, 6) is 0. The van der Waals surface area contributed by atoms with E-state index >= 15 is 0 Å². The van der Waals surface area contributed by atoms with Gasteiger partial charge < -0.3 is 11.1 Å². The summed E-state index contributed by atoms with van der Waals surface area (Å²) in [5.41, 5.74) is 5.41. The number of nitro groups is 1. The molecular formula is C9H10ClN3O3. The lowest BCUT2D eigenvalue weighted by Crippen LogP contribution is -2.36. The van der Waals surface area contributed by atoms with Crippen LogP contribution in [0.15, 0.2) is 24.3 Å². The minimum Gasteiger partial charge on any atom is -0.352 e. The van der Waals surface area contributed by atoms with Gasteiger partial charge in [0.1, 0.15) is 6.04 Å². The smallest absolute Gasteiger partial charge is 0.312 e. The maximum Gasteiger partial charge on any atom is 0.312 e. The number of rotatable bonds is 4. The second kappa shape index (κ2) is 5.32. The zero-order valence-electron chi connectivity index (χ0n) is 8.22. The lowest BCUT2D eigenvalue weighted by molar-refractivity contribution is -0.484. The third kappa shape index (κ3) is 3.39. The van der Waals surface area contributed by atoms with Gasteiger partial charge in [0.25, 0.3) is 0 Å². The van der Waals surface area contributed by atoms with Crippen molar-refractivity contribution in [3.8, 4) is 0 Å². The van der Waals surface area contributed by atoms with Gasteiger partial charge in [-0.15, -0.1) is 0 Å². The number of nitrogens with two attached hydrogens (primary N) is 1. The number of amides is 2. The average Bonchev–Trinajstić information content (AvgIpc) is 2.15. The van der Waals surface area contributed by atoms with Crippen molar-refractivity contribution in [2.24, 2.45) is 5.73 Å². The van der Waals surface area contributed by atoms with Crippen LogP contribution in [0.1, 0.15) is 11.6 Å². The van der Waals surface area contributed by atoms with Crippen molar-refractivity contribution in [1.82, 2.24) is 5.32 Å². The summed E-state index contributed by atoms with van der Waals surface area (Å²) in [6.45, 7) is -0.466. The highest BCUT2D eigenvalue weighted by Gasteiger charge is 2.21. The van der Waals surface area contributed by atoms with Crippen LogP contribution >= 0.6 is 11.6 Å². The third-order valence-electron chi connectivity index (χ3n) is 1.93. The summed E-state index contributed by atoms with van der Waals surface area (Å²) in [6.07, 6.45) is 0. The highest BCUT2D eigenvalue weighted by atomic mass is 35.5. The maximum atomic E-state index is 10.7. The minimum absolute atomic E-state index is 0.350. The Morgan fingerprint density at radius 1 is 1.56 bits per heavy atom. The van der Waals surface area contributed by atoms with Crippen molar-refractivity contribution >= 4 is 17.6 Å². The summed E-state index contributed by atoms with van der Waals surface area (Å²) < 4.78 is 0. The fourth-order valence-corrected chi connectivity index (χ4v) is 1.57. The largest absolute Gasteiger partial charge is 0.352 e. The van der Waals surface area contributed by atoms with Crippen molar-refractivity contribution in [3.05, 3.63) is 45.0 Å². The number of hydrogen-bond donors (Lipinski definition) is 2. The topological polar surface area (TPSA) is 98.3 Å². The molecule has 0 saturated carbocycles. The lowest BCUT2D eigenvalue weighted by Gasteiger charge is -2.14. The van der Waals surface area contributed by atoms with Gasteiger partial charge in [0, 0.05) is 9.95 Å². The highest BCUT2D eigenvalue weighted by molar-refractivity contribution is 6.31. The molecule has 0 bridgehead atoms. The molecule has 0 aromatic heterocycles. The Hall–Kier alpha value is -1.82. The van der Waals surface area contributed by atoms with Crippen molar-refractivity contribution < 1.29 is 9.72 Å². The number of nitrogens with one attached hydrogen (secondary N) is 1. The van der Waals surface area contributed by atoms with Gasteiger partial charge in [0.05, 0.1) is 0 Å². The molecule has 0 unspecified atom stereocenters. The summed E-state index contributed by atoms with van der Waals surface area (Å²) in [6, 6.07) is 4.92. The molecule has 0 heterocycles. The SMILES string of the molecule is NC(=O)N[C@H](C[N+](=O)[O-])c1ccccc1Cl. The van der Waals surface area contributed by atoms with Gasteiger partial charge in [-0.2, -0.15) is 0 Å². The summed E-state index contributed by atoms with van der Waals surface area (Å²) >= 11 is 5.87. The Morgan fingerprint density at radius 2 is 2.19 bits per heavy atom. The van der Waals surface area contributed by atoms with E-state index in [1.54, 1.807) is 24.3 Å². The number of nitrogens with zero attached hydrogens (tertiary/aromatic N) is 1. The van der Waals surface area contributed by atoms with Gasteiger partial charge in [-0.05, 0) is 11.6 Å². The first-order valence-corrected chi connectivity index (χ1v) is 4.80. The van der Waals surface area contributed by atoms with Gasteiger partial charge in [-0.1, -0.05) is 29.8 Å². The highest BCUT2D eigenvalue weighted by Crippen LogP contribution is 2.22. The first-order valence-electron chi connectivity index (χ1n) is 4.43. The molecule has 0 aliphatic rings. The van der Waals surface area contributed by atoms with Crippen LogP contribution in [0.2, 0.25) is 5.02 Å². The van der Waals surface area contributed by atoms with Crippen molar-refractivity contribution in [3.63, 3.8) is 0 Å². The van der Waals surface area contributed by atoms with Crippen molar-refractivity contribution in [2.75, 3.05) is 6.54 Å². The number of halogens is 1. The van der Waals surface area contributed by atoms with E-state index < -0.39 is 23.5 Å².